The van der Waals surface area contributed by atoms with Gasteiger partial charge in [-0.25, -0.2) is 10.8 Å². The second-order valence-electron chi connectivity index (χ2n) is 4.13. The molecule has 0 aliphatic rings. The molecule has 0 bridgehead atoms. The number of nitrogens with zero attached hydrogens (tertiary/aromatic N) is 2. The number of methoxy groups -OCH3 is 1. The van der Waals surface area contributed by atoms with Gasteiger partial charge in [-0.05, 0) is 6.92 Å². The lowest BCUT2D eigenvalue weighted by Gasteiger charge is -2.23. The van der Waals surface area contributed by atoms with Gasteiger partial charge in [-0.15, -0.1) is 0 Å². The van der Waals surface area contributed by atoms with Gasteiger partial charge in [0, 0.05) is 26.7 Å². The van der Waals surface area contributed by atoms with E-state index in [0.717, 1.165) is 0 Å². The van der Waals surface area contributed by atoms with Gasteiger partial charge in [0.05, 0.1) is 11.8 Å². The zero-order chi connectivity index (χ0) is 13.6. The summed E-state index contributed by atoms with van der Waals surface area (Å²) in [6, 6.07) is 0. The van der Waals surface area contributed by atoms with Crippen LogP contribution in [0.4, 0.5) is 11.8 Å². The van der Waals surface area contributed by atoms with Crippen molar-refractivity contribution in [2.45, 2.75) is 18.9 Å². The van der Waals surface area contributed by atoms with E-state index in [1.165, 1.54) is 6.20 Å². The maximum atomic E-state index is 10.1. The van der Waals surface area contributed by atoms with E-state index < -0.39 is 5.60 Å². The molecule has 1 rings (SSSR count). The van der Waals surface area contributed by atoms with Crippen LogP contribution < -0.4 is 16.6 Å². The van der Waals surface area contributed by atoms with Crippen molar-refractivity contribution in [3.8, 4) is 0 Å². The van der Waals surface area contributed by atoms with E-state index >= 15 is 0 Å². The molecule has 0 aliphatic heterocycles. The van der Waals surface area contributed by atoms with Crippen LogP contribution in [0.15, 0.2) is 6.20 Å². The lowest BCUT2D eigenvalue weighted by Crippen LogP contribution is -2.35. The van der Waals surface area contributed by atoms with Crippen LogP contribution in [0.1, 0.15) is 13.3 Å². The molecule has 0 amide bonds. The van der Waals surface area contributed by atoms with E-state index in [2.05, 4.69) is 20.7 Å². The normalized spacial score (nSPS) is 14.1. The van der Waals surface area contributed by atoms with Crippen molar-refractivity contribution in [1.29, 1.82) is 0 Å². The highest BCUT2D eigenvalue weighted by atomic mass is 35.5. The first kappa shape index (κ1) is 14.9. The van der Waals surface area contributed by atoms with Gasteiger partial charge in [0.25, 0.3) is 0 Å². The van der Waals surface area contributed by atoms with E-state index in [0.29, 0.717) is 23.9 Å². The molecule has 102 valence electrons. The van der Waals surface area contributed by atoms with Crippen LogP contribution in [0.3, 0.4) is 0 Å². The van der Waals surface area contributed by atoms with E-state index in [9.17, 15) is 5.11 Å². The summed E-state index contributed by atoms with van der Waals surface area (Å²) in [5, 5.41) is 13.4. The number of ether oxygens (including phenoxy) is 1. The van der Waals surface area contributed by atoms with Crippen LogP contribution in [-0.2, 0) is 4.74 Å². The highest BCUT2D eigenvalue weighted by Crippen LogP contribution is 2.20. The quantitative estimate of drug-likeness (QED) is 0.427. The third-order valence-electron chi connectivity index (χ3n) is 2.35. The Hall–Kier alpha value is -1.15. The number of nitrogen functional groups attached to an aromatic ring is 1. The maximum absolute atomic E-state index is 10.1. The van der Waals surface area contributed by atoms with Crippen LogP contribution >= 0.6 is 11.6 Å². The van der Waals surface area contributed by atoms with E-state index in [-0.39, 0.29) is 12.5 Å². The summed E-state index contributed by atoms with van der Waals surface area (Å²) in [5.74, 6) is 5.87. The Balaban J connectivity index is 2.62. The lowest BCUT2D eigenvalue weighted by molar-refractivity contribution is 0.0357. The van der Waals surface area contributed by atoms with Gasteiger partial charge in [0.1, 0.15) is 5.02 Å². The fourth-order valence-electron chi connectivity index (χ4n) is 1.25. The molecule has 0 aromatic carbocycles. The second-order valence-corrected chi connectivity index (χ2v) is 4.53. The van der Waals surface area contributed by atoms with Gasteiger partial charge < -0.3 is 15.2 Å². The van der Waals surface area contributed by atoms with Crippen molar-refractivity contribution < 1.29 is 9.84 Å². The third kappa shape index (κ3) is 4.61. The molecular weight excluding hydrogens is 258 g/mol. The highest BCUT2D eigenvalue weighted by molar-refractivity contribution is 6.32. The summed E-state index contributed by atoms with van der Waals surface area (Å²) in [4.78, 5) is 7.89. The number of hydrogen-bond acceptors (Lipinski definition) is 7. The number of halogens is 1. The molecule has 0 fully saturated rings. The van der Waals surface area contributed by atoms with Crippen molar-refractivity contribution in [3.05, 3.63) is 11.2 Å². The summed E-state index contributed by atoms with van der Waals surface area (Å²) in [6.45, 7) is 2.47. The smallest absolute Gasteiger partial charge is 0.239 e. The fraction of sp³-hybridized carbons (Fsp3) is 0.600. The first-order valence-corrected chi connectivity index (χ1v) is 5.80. The third-order valence-corrected chi connectivity index (χ3v) is 2.63. The summed E-state index contributed by atoms with van der Waals surface area (Å²) < 4.78 is 4.92. The van der Waals surface area contributed by atoms with Crippen LogP contribution in [0.2, 0.25) is 5.02 Å². The number of hydrogen-bond donors (Lipinski definition) is 4. The molecule has 0 aliphatic carbocycles. The Labute approximate surface area is 111 Å². The number of rotatable bonds is 7. The largest absolute Gasteiger partial charge is 0.388 e. The Morgan fingerprint density at radius 2 is 2.33 bits per heavy atom. The summed E-state index contributed by atoms with van der Waals surface area (Å²) in [7, 11) is 1.59. The van der Waals surface area contributed by atoms with Gasteiger partial charge in [-0.2, -0.15) is 4.98 Å². The summed E-state index contributed by atoms with van der Waals surface area (Å²) in [6.07, 6.45) is 1.93. The average Bonchev–Trinajstić information content (AvgIpc) is 2.35. The summed E-state index contributed by atoms with van der Waals surface area (Å²) in [5.41, 5.74) is 1.41. The molecule has 0 spiro atoms. The average molecular weight is 276 g/mol. The lowest BCUT2D eigenvalue weighted by atomic mass is 10.0. The molecule has 1 aromatic rings. The molecule has 0 saturated heterocycles. The minimum atomic E-state index is -0.916. The Bertz CT molecular complexity index is 389. The molecule has 18 heavy (non-hydrogen) atoms. The van der Waals surface area contributed by atoms with Gasteiger partial charge in [0.2, 0.25) is 5.95 Å². The van der Waals surface area contributed by atoms with Crippen LogP contribution in [0.5, 0.6) is 0 Å². The zero-order valence-corrected chi connectivity index (χ0v) is 11.2. The Morgan fingerprint density at radius 1 is 1.61 bits per heavy atom. The first-order chi connectivity index (χ1) is 8.48. The van der Waals surface area contributed by atoms with E-state index in [4.69, 9.17) is 22.2 Å². The van der Waals surface area contributed by atoms with E-state index in [1.807, 2.05) is 0 Å². The number of aromatic nitrogens is 2. The molecule has 8 heteroatoms. The fourth-order valence-corrected chi connectivity index (χ4v) is 1.40. The molecule has 7 nitrogen and oxygen atoms in total. The molecule has 0 saturated carbocycles. The zero-order valence-electron chi connectivity index (χ0n) is 10.4. The van der Waals surface area contributed by atoms with E-state index in [1.54, 1.807) is 14.0 Å². The van der Waals surface area contributed by atoms with Crippen molar-refractivity contribution in [3.63, 3.8) is 0 Å². The highest BCUT2D eigenvalue weighted by Gasteiger charge is 2.20. The van der Waals surface area contributed by atoms with Gasteiger partial charge in [0.15, 0.2) is 5.82 Å². The molecule has 1 aromatic heterocycles. The molecule has 1 unspecified atom stereocenters. The first-order valence-electron chi connectivity index (χ1n) is 5.43. The summed E-state index contributed by atoms with van der Waals surface area (Å²) >= 11 is 5.92. The minimum Gasteiger partial charge on any atom is -0.388 e. The molecule has 0 radical (unpaired) electrons. The van der Waals surface area contributed by atoms with Crippen molar-refractivity contribution in [2.24, 2.45) is 5.84 Å². The Kier molecular flexibility index (Phi) is 5.54. The SMILES string of the molecule is COCCC(C)(O)CNc1nc(NN)ncc1Cl. The molecular formula is C10H18ClN5O2. The van der Waals surface area contributed by atoms with Crippen LogP contribution in [-0.4, -0.2) is 40.9 Å². The number of hydrazine groups is 1. The monoisotopic (exact) mass is 275 g/mol. The molecule has 1 atom stereocenters. The molecule has 5 N–H and O–H groups in total. The number of nitrogens with two attached hydrogens (primary N) is 1. The second kappa shape index (κ2) is 6.69. The van der Waals surface area contributed by atoms with Gasteiger partial charge in [-0.1, -0.05) is 11.6 Å². The number of anilines is 2. The van der Waals surface area contributed by atoms with Crippen LogP contribution in [0, 0.1) is 0 Å². The van der Waals surface area contributed by atoms with Gasteiger partial charge >= 0.3 is 0 Å². The predicted octanol–water partition coefficient (Wildman–Crippen LogP) is 0.615. The predicted molar refractivity (Wildman–Crippen MR) is 70.5 cm³/mol. The van der Waals surface area contributed by atoms with Crippen molar-refractivity contribution >= 4 is 23.4 Å². The Morgan fingerprint density at radius 3 is 2.94 bits per heavy atom. The van der Waals surface area contributed by atoms with Gasteiger partial charge in [-0.3, -0.25) is 5.43 Å². The van der Waals surface area contributed by atoms with Crippen molar-refractivity contribution in [1.82, 2.24) is 9.97 Å². The van der Waals surface area contributed by atoms with Crippen LogP contribution in [0.25, 0.3) is 0 Å². The number of nitrogens with one attached hydrogen (secondary N) is 2. The van der Waals surface area contributed by atoms with Crippen molar-refractivity contribution in [2.75, 3.05) is 31.0 Å². The maximum Gasteiger partial charge on any atom is 0.239 e. The standard InChI is InChI=1S/C10H18ClN5O2/c1-10(17,3-4-18-2)6-14-8-7(11)5-13-9(15-8)16-12/h5,17H,3-4,6,12H2,1-2H3,(H2,13,14,15,16). The molecule has 1 heterocycles. The minimum absolute atomic E-state index is 0.249. The topological polar surface area (TPSA) is 105 Å². The number of aliphatic hydroxyl groups is 1.